The average Bonchev–Trinajstić information content (AvgIpc) is 2.71. The van der Waals surface area contributed by atoms with E-state index in [-0.39, 0.29) is 5.91 Å². The largest absolute Gasteiger partial charge is 0.473 e. The molecule has 11 nitrogen and oxygen atoms in total. The molecule has 0 aliphatic carbocycles. The molecule has 0 unspecified atom stereocenters. The van der Waals surface area contributed by atoms with Crippen LogP contribution in [0.15, 0.2) is 29.2 Å². The maximum absolute atomic E-state index is 12.7. The molecule has 0 radical (unpaired) electrons. The molecule has 1 saturated heterocycles. The number of aryl methyl sites for hydroxylation is 1. The van der Waals surface area contributed by atoms with Crippen molar-refractivity contribution in [2.75, 3.05) is 59.9 Å². The lowest BCUT2D eigenvalue weighted by Gasteiger charge is -2.34. The van der Waals surface area contributed by atoms with Gasteiger partial charge >= 0.3 is 11.9 Å². The lowest BCUT2D eigenvalue weighted by atomic mass is 10.2. The highest BCUT2D eigenvalue weighted by Crippen LogP contribution is 2.18. The van der Waals surface area contributed by atoms with E-state index in [0.29, 0.717) is 37.6 Å². The Balaban J connectivity index is 0.000000703. The molecule has 1 fully saturated rings. The van der Waals surface area contributed by atoms with Gasteiger partial charge in [0, 0.05) is 39.3 Å². The summed E-state index contributed by atoms with van der Waals surface area (Å²) < 4.78 is 26.8. The minimum atomic E-state index is -3.48. The van der Waals surface area contributed by atoms with Crippen LogP contribution >= 0.6 is 0 Å². The van der Waals surface area contributed by atoms with Crippen LogP contribution in [0.5, 0.6) is 0 Å². The van der Waals surface area contributed by atoms with Gasteiger partial charge in [-0.1, -0.05) is 17.7 Å². The minimum Gasteiger partial charge on any atom is -0.473 e. The van der Waals surface area contributed by atoms with Crippen LogP contribution in [0.1, 0.15) is 5.56 Å². The number of carboxylic acid groups (broad SMARTS) is 2. The van der Waals surface area contributed by atoms with Crippen molar-refractivity contribution in [1.82, 2.24) is 19.4 Å². The van der Waals surface area contributed by atoms with Crippen molar-refractivity contribution in [3.8, 4) is 0 Å². The zero-order valence-corrected chi connectivity index (χ0v) is 18.8. The van der Waals surface area contributed by atoms with Crippen LogP contribution in [0, 0.1) is 6.92 Å². The monoisotopic (exact) mass is 458 g/mol. The molecule has 174 valence electrons. The highest BCUT2D eigenvalue weighted by Gasteiger charge is 2.29. The first-order chi connectivity index (χ1) is 14.4. The van der Waals surface area contributed by atoms with Crippen LogP contribution in [-0.4, -0.2) is 110 Å². The van der Waals surface area contributed by atoms with Gasteiger partial charge in [-0.2, -0.15) is 4.31 Å². The number of nitrogens with zero attached hydrogens (tertiary/aromatic N) is 3. The summed E-state index contributed by atoms with van der Waals surface area (Å²) >= 11 is 0. The van der Waals surface area contributed by atoms with Gasteiger partial charge in [0.05, 0.1) is 11.4 Å². The van der Waals surface area contributed by atoms with E-state index in [1.165, 1.54) is 4.31 Å². The Morgan fingerprint density at radius 2 is 1.52 bits per heavy atom. The predicted molar refractivity (Wildman–Crippen MR) is 113 cm³/mol. The summed E-state index contributed by atoms with van der Waals surface area (Å²) in [5, 5.41) is 17.9. The van der Waals surface area contributed by atoms with E-state index >= 15 is 0 Å². The van der Waals surface area contributed by atoms with E-state index in [4.69, 9.17) is 19.8 Å². The standard InChI is InChI=1S/C17H28N4O3S.C2H2O4/c1-15-4-6-16(7-5-15)25(23,24)21-12-10-20(11-13-21)17(22)14-18-8-9-19(2)3;3-1(4)2(5)6/h4-7,18H,8-14H2,1-3H3;(H,3,4)(H,5,6). The number of hydrogen-bond donors (Lipinski definition) is 3. The van der Waals surface area contributed by atoms with Crippen molar-refractivity contribution in [3.05, 3.63) is 29.8 Å². The Labute approximate surface area is 182 Å². The molecule has 2 rings (SSSR count). The fourth-order valence-electron chi connectivity index (χ4n) is 2.65. The molecule has 0 aromatic heterocycles. The average molecular weight is 459 g/mol. The summed E-state index contributed by atoms with van der Waals surface area (Å²) in [7, 11) is 0.483. The molecule has 3 N–H and O–H groups in total. The molecule has 1 aromatic carbocycles. The molecule has 1 aliphatic heterocycles. The van der Waals surface area contributed by atoms with Crippen LogP contribution in [0.3, 0.4) is 0 Å². The van der Waals surface area contributed by atoms with Crippen molar-refractivity contribution >= 4 is 27.9 Å². The second-order valence-corrected chi connectivity index (χ2v) is 9.13. The van der Waals surface area contributed by atoms with Gasteiger partial charge in [0.15, 0.2) is 0 Å². The van der Waals surface area contributed by atoms with E-state index in [2.05, 4.69) is 5.32 Å². The number of sulfonamides is 1. The SMILES string of the molecule is Cc1ccc(S(=O)(=O)N2CCN(C(=O)CNCCN(C)C)CC2)cc1.O=C(O)C(=O)O. The Kier molecular flexibility index (Phi) is 10.6. The van der Waals surface area contributed by atoms with Crippen LogP contribution in [0.2, 0.25) is 0 Å². The van der Waals surface area contributed by atoms with Crippen LogP contribution in [0.25, 0.3) is 0 Å². The van der Waals surface area contributed by atoms with Gasteiger partial charge in [-0.05, 0) is 33.2 Å². The number of amides is 1. The number of carbonyl (C=O) groups excluding carboxylic acids is 1. The fourth-order valence-corrected chi connectivity index (χ4v) is 4.07. The molecular formula is C19H30N4O7S. The zero-order valence-electron chi connectivity index (χ0n) is 17.9. The molecular weight excluding hydrogens is 428 g/mol. The van der Waals surface area contributed by atoms with E-state index in [1.807, 2.05) is 25.9 Å². The molecule has 1 aromatic rings. The Hall–Kier alpha value is -2.54. The number of piperazine rings is 1. The van der Waals surface area contributed by atoms with Crippen molar-refractivity contribution in [2.45, 2.75) is 11.8 Å². The van der Waals surface area contributed by atoms with E-state index in [9.17, 15) is 13.2 Å². The normalized spacial score (nSPS) is 14.6. The Morgan fingerprint density at radius 3 is 1.97 bits per heavy atom. The maximum Gasteiger partial charge on any atom is 0.414 e. The van der Waals surface area contributed by atoms with E-state index in [1.54, 1.807) is 29.2 Å². The first kappa shape index (κ1) is 26.5. The van der Waals surface area contributed by atoms with Crippen molar-refractivity contribution in [2.24, 2.45) is 0 Å². The second kappa shape index (κ2) is 12.3. The predicted octanol–water partition coefficient (Wildman–Crippen LogP) is -0.865. The van der Waals surface area contributed by atoms with Gasteiger partial charge in [0.1, 0.15) is 0 Å². The number of carboxylic acids is 2. The number of hydrogen-bond acceptors (Lipinski definition) is 7. The number of carbonyl (C=O) groups is 3. The topological polar surface area (TPSA) is 148 Å². The highest BCUT2D eigenvalue weighted by atomic mass is 32.2. The van der Waals surface area contributed by atoms with Crippen LogP contribution in [-0.2, 0) is 24.4 Å². The molecule has 31 heavy (non-hydrogen) atoms. The number of benzene rings is 1. The van der Waals surface area contributed by atoms with Gasteiger partial charge in [0.25, 0.3) is 0 Å². The van der Waals surface area contributed by atoms with Crippen molar-refractivity contribution in [1.29, 1.82) is 0 Å². The quantitative estimate of drug-likeness (QED) is 0.350. The summed E-state index contributed by atoms with van der Waals surface area (Å²) in [5.74, 6) is -3.63. The molecule has 0 spiro atoms. The number of nitrogens with one attached hydrogen (secondary N) is 1. The van der Waals surface area contributed by atoms with Crippen LogP contribution in [0.4, 0.5) is 0 Å². The first-order valence-corrected chi connectivity index (χ1v) is 11.1. The number of rotatable bonds is 7. The van der Waals surface area contributed by atoms with Gasteiger partial charge in [0.2, 0.25) is 15.9 Å². The maximum atomic E-state index is 12.7. The third kappa shape index (κ3) is 9.00. The molecule has 0 bridgehead atoms. The number of likely N-dealkylation sites (N-methyl/N-ethyl adjacent to an activating group) is 1. The molecule has 12 heteroatoms. The lowest BCUT2D eigenvalue weighted by molar-refractivity contribution is -0.159. The van der Waals surface area contributed by atoms with E-state index < -0.39 is 22.0 Å². The highest BCUT2D eigenvalue weighted by molar-refractivity contribution is 7.89. The zero-order chi connectivity index (χ0) is 23.6. The molecule has 1 amide bonds. The Morgan fingerprint density at radius 1 is 1.00 bits per heavy atom. The molecule has 1 heterocycles. The van der Waals surface area contributed by atoms with Gasteiger partial charge in [-0.15, -0.1) is 0 Å². The third-order valence-corrected chi connectivity index (χ3v) is 6.36. The van der Waals surface area contributed by atoms with Gasteiger partial charge in [-0.25, -0.2) is 18.0 Å². The fraction of sp³-hybridized carbons (Fsp3) is 0.526. The van der Waals surface area contributed by atoms with E-state index in [0.717, 1.165) is 18.7 Å². The third-order valence-electron chi connectivity index (χ3n) is 4.45. The van der Waals surface area contributed by atoms with Crippen LogP contribution < -0.4 is 5.32 Å². The van der Waals surface area contributed by atoms with Crippen molar-refractivity contribution < 1.29 is 33.0 Å². The van der Waals surface area contributed by atoms with Gasteiger partial charge in [-0.3, -0.25) is 4.79 Å². The summed E-state index contributed by atoms with van der Waals surface area (Å²) in [6, 6.07) is 6.87. The van der Waals surface area contributed by atoms with Crippen molar-refractivity contribution in [3.63, 3.8) is 0 Å². The summed E-state index contributed by atoms with van der Waals surface area (Å²) in [5.41, 5.74) is 1.02. The molecule has 0 saturated carbocycles. The number of aliphatic carboxylic acids is 2. The molecule has 0 atom stereocenters. The molecule has 1 aliphatic rings. The summed E-state index contributed by atoms with van der Waals surface area (Å²) in [4.78, 5) is 34.5. The smallest absolute Gasteiger partial charge is 0.414 e. The van der Waals surface area contributed by atoms with Gasteiger partial charge < -0.3 is 25.3 Å². The first-order valence-electron chi connectivity index (χ1n) is 9.61. The minimum absolute atomic E-state index is 0.0196. The Bertz CT molecular complexity index is 837. The lowest BCUT2D eigenvalue weighted by Crippen LogP contribution is -2.52. The second-order valence-electron chi connectivity index (χ2n) is 7.19. The summed E-state index contributed by atoms with van der Waals surface area (Å²) in [6.45, 7) is 5.36. The summed E-state index contributed by atoms with van der Waals surface area (Å²) in [6.07, 6.45) is 0.